The van der Waals surface area contributed by atoms with E-state index in [0.29, 0.717) is 18.5 Å². The summed E-state index contributed by atoms with van der Waals surface area (Å²) in [4.78, 5) is 11.7. The SMILES string of the molecule is Cc1ccccc1NCC(=O)NCCc1ccccc1F. The van der Waals surface area contributed by atoms with Crippen molar-refractivity contribution in [2.45, 2.75) is 13.3 Å². The molecule has 0 aromatic heterocycles. The quantitative estimate of drug-likeness (QED) is 0.857. The van der Waals surface area contributed by atoms with Crippen LogP contribution in [0.5, 0.6) is 0 Å². The molecule has 0 saturated carbocycles. The van der Waals surface area contributed by atoms with Crippen LogP contribution in [0.1, 0.15) is 11.1 Å². The molecule has 2 aromatic carbocycles. The molecule has 2 rings (SSSR count). The van der Waals surface area contributed by atoms with Gasteiger partial charge in [0.15, 0.2) is 0 Å². The lowest BCUT2D eigenvalue weighted by molar-refractivity contribution is -0.119. The number of hydrogen-bond donors (Lipinski definition) is 2. The second-order valence-corrected chi connectivity index (χ2v) is 4.86. The number of carbonyl (C=O) groups excluding carboxylic acids is 1. The third kappa shape index (κ3) is 4.60. The zero-order chi connectivity index (χ0) is 15.1. The van der Waals surface area contributed by atoms with E-state index < -0.39 is 0 Å². The fourth-order valence-electron chi connectivity index (χ4n) is 2.05. The molecule has 4 heteroatoms. The largest absolute Gasteiger partial charge is 0.376 e. The Morgan fingerprint density at radius 2 is 1.81 bits per heavy atom. The summed E-state index contributed by atoms with van der Waals surface area (Å²) < 4.78 is 13.4. The van der Waals surface area contributed by atoms with Gasteiger partial charge in [0.1, 0.15) is 5.82 Å². The summed E-state index contributed by atoms with van der Waals surface area (Å²) in [5, 5.41) is 5.87. The molecule has 0 heterocycles. The van der Waals surface area contributed by atoms with Crippen LogP contribution in [-0.4, -0.2) is 19.0 Å². The van der Waals surface area contributed by atoms with Gasteiger partial charge in [-0.3, -0.25) is 4.79 Å². The highest BCUT2D eigenvalue weighted by molar-refractivity contribution is 5.80. The van der Waals surface area contributed by atoms with E-state index in [0.717, 1.165) is 11.3 Å². The van der Waals surface area contributed by atoms with Gasteiger partial charge in [0, 0.05) is 12.2 Å². The van der Waals surface area contributed by atoms with E-state index in [4.69, 9.17) is 0 Å². The Bertz CT molecular complexity index is 613. The smallest absolute Gasteiger partial charge is 0.239 e. The summed E-state index contributed by atoms with van der Waals surface area (Å²) in [7, 11) is 0. The molecule has 0 aliphatic carbocycles. The standard InChI is InChI=1S/C17H19FN2O/c1-13-6-2-5-9-16(13)20-12-17(21)19-11-10-14-7-3-4-8-15(14)18/h2-9,20H,10-12H2,1H3,(H,19,21). The lowest BCUT2D eigenvalue weighted by Crippen LogP contribution is -2.31. The summed E-state index contributed by atoms with van der Waals surface area (Å²) in [6.07, 6.45) is 0.489. The molecule has 0 saturated heterocycles. The lowest BCUT2D eigenvalue weighted by atomic mass is 10.1. The predicted octanol–water partition coefficient (Wildman–Crippen LogP) is 2.90. The molecule has 0 aliphatic rings. The molecule has 2 N–H and O–H groups in total. The monoisotopic (exact) mass is 286 g/mol. The Balaban J connectivity index is 1.73. The van der Waals surface area contributed by atoms with Gasteiger partial charge >= 0.3 is 0 Å². The van der Waals surface area contributed by atoms with Gasteiger partial charge < -0.3 is 10.6 Å². The summed E-state index contributed by atoms with van der Waals surface area (Å²) in [5.74, 6) is -0.334. The average molecular weight is 286 g/mol. The molecular formula is C17H19FN2O. The number of carbonyl (C=O) groups is 1. The Kier molecular flexibility index (Phi) is 5.32. The van der Waals surface area contributed by atoms with E-state index in [1.807, 2.05) is 31.2 Å². The van der Waals surface area contributed by atoms with Crippen LogP contribution in [0.3, 0.4) is 0 Å². The van der Waals surface area contributed by atoms with Crippen molar-refractivity contribution in [3.63, 3.8) is 0 Å². The molecule has 0 unspecified atom stereocenters. The van der Waals surface area contributed by atoms with Gasteiger partial charge in [-0.1, -0.05) is 36.4 Å². The second-order valence-electron chi connectivity index (χ2n) is 4.86. The first kappa shape index (κ1) is 15.0. The number of halogens is 1. The number of rotatable bonds is 6. The van der Waals surface area contributed by atoms with E-state index in [1.165, 1.54) is 6.07 Å². The van der Waals surface area contributed by atoms with Crippen LogP contribution >= 0.6 is 0 Å². The van der Waals surface area contributed by atoms with Gasteiger partial charge in [0.2, 0.25) is 5.91 Å². The van der Waals surface area contributed by atoms with Crippen LogP contribution < -0.4 is 10.6 Å². The Labute approximate surface area is 124 Å². The number of anilines is 1. The van der Waals surface area contributed by atoms with Crippen LogP contribution in [0.4, 0.5) is 10.1 Å². The van der Waals surface area contributed by atoms with Crippen molar-refractivity contribution < 1.29 is 9.18 Å². The first-order valence-corrected chi connectivity index (χ1v) is 6.96. The number of hydrogen-bond acceptors (Lipinski definition) is 2. The predicted molar refractivity (Wildman–Crippen MR) is 82.8 cm³/mol. The van der Waals surface area contributed by atoms with Gasteiger partial charge in [-0.15, -0.1) is 0 Å². The fraction of sp³-hybridized carbons (Fsp3) is 0.235. The molecule has 21 heavy (non-hydrogen) atoms. The molecule has 2 aromatic rings. The summed E-state index contributed by atoms with van der Waals surface area (Å²) in [6, 6.07) is 14.4. The highest BCUT2D eigenvalue weighted by atomic mass is 19.1. The van der Waals surface area contributed by atoms with Crippen molar-refractivity contribution in [2.75, 3.05) is 18.4 Å². The molecule has 0 atom stereocenters. The number of amides is 1. The first-order valence-electron chi connectivity index (χ1n) is 6.96. The average Bonchev–Trinajstić information content (AvgIpc) is 2.48. The van der Waals surface area contributed by atoms with Gasteiger partial charge in [-0.05, 0) is 36.6 Å². The van der Waals surface area contributed by atoms with E-state index in [-0.39, 0.29) is 18.3 Å². The Morgan fingerprint density at radius 3 is 2.57 bits per heavy atom. The van der Waals surface area contributed by atoms with Gasteiger partial charge in [0.25, 0.3) is 0 Å². The minimum Gasteiger partial charge on any atom is -0.376 e. The summed E-state index contributed by atoms with van der Waals surface area (Å²) in [6.45, 7) is 2.62. The summed E-state index contributed by atoms with van der Waals surface area (Å²) >= 11 is 0. The maximum Gasteiger partial charge on any atom is 0.239 e. The zero-order valence-corrected chi connectivity index (χ0v) is 12.0. The van der Waals surface area contributed by atoms with Crippen LogP contribution in [0.25, 0.3) is 0 Å². The Hall–Kier alpha value is -2.36. The molecule has 0 aliphatic heterocycles. The van der Waals surface area contributed by atoms with Crippen molar-refractivity contribution in [3.05, 3.63) is 65.5 Å². The van der Waals surface area contributed by atoms with E-state index in [9.17, 15) is 9.18 Å². The zero-order valence-electron chi connectivity index (χ0n) is 12.0. The molecule has 1 amide bonds. The minimum absolute atomic E-state index is 0.102. The van der Waals surface area contributed by atoms with Crippen LogP contribution in [0.2, 0.25) is 0 Å². The molecule has 0 spiro atoms. The van der Waals surface area contributed by atoms with Crippen molar-refractivity contribution in [2.24, 2.45) is 0 Å². The van der Waals surface area contributed by atoms with Crippen LogP contribution in [0.15, 0.2) is 48.5 Å². The normalized spacial score (nSPS) is 10.2. The van der Waals surface area contributed by atoms with Crippen LogP contribution in [0, 0.1) is 12.7 Å². The van der Waals surface area contributed by atoms with E-state index >= 15 is 0 Å². The summed E-state index contributed by atoms with van der Waals surface area (Å²) in [5.41, 5.74) is 2.66. The molecule has 0 fully saturated rings. The van der Waals surface area contributed by atoms with Gasteiger partial charge in [0.05, 0.1) is 6.54 Å². The minimum atomic E-state index is -0.232. The third-order valence-electron chi connectivity index (χ3n) is 3.26. The highest BCUT2D eigenvalue weighted by Crippen LogP contribution is 2.12. The van der Waals surface area contributed by atoms with Crippen LogP contribution in [-0.2, 0) is 11.2 Å². The van der Waals surface area contributed by atoms with Crippen molar-refractivity contribution >= 4 is 11.6 Å². The number of para-hydroxylation sites is 1. The van der Waals surface area contributed by atoms with Crippen molar-refractivity contribution in [1.82, 2.24) is 5.32 Å². The maximum atomic E-state index is 13.4. The molecule has 0 bridgehead atoms. The van der Waals surface area contributed by atoms with Crippen molar-refractivity contribution in [3.8, 4) is 0 Å². The maximum absolute atomic E-state index is 13.4. The topological polar surface area (TPSA) is 41.1 Å². The fourth-order valence-corrected chi connectivity index (χ4v) is 2.05. The highest BCUT2D eigenvalue weighted by Gasteiger charge is 2.04. The lowest BCUT2D eigenvalue weighted by Gasteiger charge is -2.10. The van der Waals surface area contributed by atoms with Gasteiger partial charge in [-0.2, -0.15) is 0 Å². The second kappa shape index (κ2) is 7.43. The number of benzene rings is 2. The molecule has 3 nitrogen and oxygen atoms in total. The van der Waals surface area contributed by atoms with Crippen molar-refractivity contribution in [1.29, 1.82) is 0 Å². The first-order chi connectivity index (χ1) is 10.2. The third-order valence-corrected chi connectivity index (χ3v) is 3.26. The molecule has 0 radical (unpaired) electrons. The molecule has 110 valence electrons. The van der Waals surface area contributed by atoms with E-state index in [1.54, 1.807) is 18.2 Å². The number of aryl methyl sites for hydroxylation is 1. The Morgan fingerprint density at radius 1 is 1.10 bits per heavy atom. The molecular weight excluding hydrogens is 267 g/mol. The van der Waals surface area contributed by atoms with Gasteiger partial charge in [-0.25, -0.2) is 4.39 Å². The van der Waals surface area contributed by atoms with E-state index in [2.05, 4.69) is 10.6 Å². The number of nitrogens with one attached hydrogen (secondary N) is 2.